The van der Waals surface area contributed by atoms with Crippen molar-refractivity contribution in [1.29, 1.82) is 0 Å². The van der Waals surface area contributed by atoms with Gasteiger partial charge in [0, 0.05) is 28.8 Å². The fourth-order valence-electron chi connectivity index (χ4n) is 2.81. The predicted molar refractivity (Wildman–Crippen MR) is 101 cm³/mol. The number of aromatic nitrogens is 1. The Morgan fingerprint density at radius 3 is 2.16 bits per heavy atom. The molecule has 1 heterocycles. The molecule has 2 rings (SSSR count). The molecule has 5 nitrogen and oxygen atoms in total. The van der Waals surface area contributed by atoms with Crippen LogP contribution in [0.1, 0.15) is 52.9 Å². The third kappa shape index (κ3) is 4.39. The van der Waals surface area contributed by atoms with Crippen LogP contribution in [0.4, 0.5) is 5.69 Å². The molecule has 0 spiro atoms. The Kier molecular flexibility index (Phi) is 5.85. The molecule has 2 aromatic rings. The van der Waals surface area contributed by atoms with Crippen LogP contribution in [0.15, 0.2) is 29.2 Å². The smallest absolute Gasteiger partial charge is 0.221 e. The Morgan fingerprint density at radius 1 is 1.08 bits per heavy atom. The maximum atomic E-state index is 12.8. The van der Waals surface area contributed by atoms with Crippen LogP contribution in [0, 0.1) is 13.8 Å². The third-order valence-corrected chi connectivity index (χ3v) is 5.00. The van der Waals surface area contributed by atoms with Gasteiger partial charge in [-0.15, -0.1) is 11.8 Å². The van der Waals surface area contributed by atoms with E-state index in [1.807, 2.05) is 19.1 Å². The number of Topliss-reactive ketones (excluding diaryl/α,β-unsaturated/α-hetero) is 2. The summed E-state index contributed by atoms with van der Waals surface area (Å²) in [6.07, 6.45) is 0. The quantitative estimate of drug-likeness (QED) is 0.600. The van der Waals surface area contributed by atoms with Crippen LogP contribution in [0.2, 0.25) is 0 Å². The van der Waals surface area contributed by atoms with Gasteiger partial charge in [-0.05, 0) is 57.5 Å². The highest BCUT2D eigenvalue weighted by Gasteiger charge is 2.24. The lowest BCUT2D eigenvalue weighted by Gasteiger charge is -2.11. The minimum Gasteiger partial charge on any atom is -0.355 e. The molecule has 1 aromatic heterocycles. The number of hydrogen-bond acceptors (Lipinski definition) is 4. The summed E-state index contributed by atoms with van der Waals surface area (Å²) in [7, 11) is 0. The molecule has 132 valence electrons. The summed E-state index contributed by atoms with van der Waals surface area (Å²) in [6.45, 7) is 8.41. The molecule has 0 aliphatic carbocycles. The summed E-state index contributed by atoms with van der Waals surface area (Å²) < 4.78 is 0. The molecule has 0 saturated heterocycles. The van der Waals surface area contributed by atoms with Crippen LogP contribution in [0.25, 0.3) is 0 Å². The number of aryl methyl sites for hydroxylation is 1. The first kappa shape index (κ1) is 19.0. The van der Waals surface area contributed by atoms with E-state index in [0.29, 0.717) is 16.8 Å². The first-order valence-corrected chi connectivity index (χ1v) is 8.87. The van der Waals surface area contributed by atoms with Gasteiger partial charge in [0.05, 0.1) is 10.9 Å². The Morgan fingerprint density at radius 2 is 1.68 bits per heavy atom. The summed E-state index contributed by atoms with van der Waals surface area (Å²) in [6, 6.07) is 7.35. The maximum absolute atomic E-state index is 12.8. The lowest BCUT2D eigenvalue weighted by atomic mass is 10.0. The van der Waals surface area contributed by atoms with Crippen molar-refractivity contribution in [2.24, 2.45) is 0 Å². The number of rotatable bonds is 6. The first-order chi connectivity index (χ1) is 11.7. The van der Waals surface area contributed by atoms with Crippen LogP contribution in [-0.2, 0) is 4.79 Å². The molecule has 0 bridgehead atoms. The Balaban J connectivity index is 2.14. The number of carbonyl (C=O) groups is 3. The van der Waals surface area contributed by atoms with E-state index in [4.69, 9.17) is 0 Å². The van der Waals surface area contributed by atoms with Gasteiger partial charge < -0.3 is 10.3 Å². The molecule has 0 saturated carbocycles. The van der Waals surface area contributed by atoms with Gasteiger partial charge in [-0.3, -0.25) is 14.4 Å². The van der Waals surface area contributed by atoms with Gasteiger partial charge in [0.25, 0.3) is 0 Å². The molecule has 0 radical (unpaired) electrons. The van der Waals surface area contributed by atoms with Gasteiger partial charge in [0.1, 0.15) is 0 Å². The van der Waals surface area contributed by atoms with E-state index in [1.165, 1.54) is 25.6 Å². The molecule has 0 aliphatic heterocycles. The lowest BCUT2D eigenvalue weighted by molar-refractivity contribution is -0.114. The highest BCUT2D eigenvalue weighted by atomic mass is 32.2. The summed E-state index contributed by atoms with van der Waals surface area (Å²) in [4.78, 5) is 39.5. The van der Waals surface area contributed by atoms with Crippen molar-refractivity contribution < 1.29 is 14.4 Å². The van der Waals surface area contributed by atoms with E-state index in [-0.39, 0.29) is 22.7 Å². The highest BCUT2D eigenvalue weighted by molar-refractivity contribution is 8.00. The molecule has 0 aliphatic rings. The zero-order valence-electron chi connectivity index (χ0n) is 15.0. The van der Waals surface area contributed by atoms with Crippen molar-refractivity contribution >= 4 is 34.9 Å². The lowest BCUT2D eigenvalue weighted by Crippen LogP contribution is -2.15. The number of ketones is 2. The van der Waals surface area contributed by atoms with E-state index in [1.54, 1.807) is 26.0 Å². The second kappa shape index (κ2) is 7.70. The monoisotopic (exact) mass is 358 g/mol. The second-order valence-corrected chi connectivity index (χ2v) is 7.43. The number of aromatic amines is 1. The van der Waals surface area contributed by atoms with E-state index in [9.17, 15) is 14.4 Å². The molecular weight excluding hydrogens is 336 g/mol. The molecule has 1 atom stereocenters. The normalized spacial score (nSPS) is 11.9. The molecule has 1 amide bonds. The number of amides is 1. The van der Waals surface area contributed by atoms with Crippen molar-refractivity contribution in [2.45, 2.75) is 44.8 Å². The summed E-state index contributed by atoms with van der Waals surface area (Å²) in [5, 5.41) is 2.41. The molecule has 6 heteroatoms. The average molecular weight is 358 g/mol. The molecular formula is C19H22N2O3S. The van der Waals surface area contributed by atoms with Crippen molar-refractivity contribution in [2.75, 3.05) is 5.32 Å². The zero-order chi connectivity index (χ0) is 18.7. The van der Waals surface area contributed by atoms with Crippen molar-refractivity contribution in [3.63, 3.8) is 0 Å². The Hall–Kier alpha value is -2.34. The van der Waals surface area contributed by atoms with Gasteiger partial charge in [0.15, 0.2) is 11.6 Å². The second-order valence-electron chi connectivity index (χ2n) is 6.01. The summed E-state index contributed by atoms with van der Waals surface area (Å²) in [5.74, 6) is -0.203. The number of anilines is 1. The molecule has 1 unspecified atom stereocenters. The Labute approximate surface area is 151 Å². The number of benzene rings is 1. The molecule has 1 aromatic carbocycles. The van der Waals surface area contributed by atoms with Crippen LogP contribution < -0.4 is 5.32 Å². The summed E-state index contributed by atoms with van der Waals surface area (Å²) in [5.41, 5.74) is 3.25. The minimum absolute atomic E-state index is 0.0379. The first-order valence-electron chi connectivity index (χ1n) is 7.99. The van der Waals surface area contributed by atoms with Gasteiger partial charge in [0.2, 0.25) is 5.91 Å². The Bertz CT molecular complexity index is 822. The molecule has 25 heavy (non-hydrogen) atoms. The predicted octanol–water partition coefficient (Wildman–Crippen LogP) is 4.16. The van der Waals surface area contributed by atoms with Crippen LogP contribution in [-0.4, -0.2) is 27.7 Å². The van der Waals surface area contributed by atoms with E-state index < -0.39 is 0 Å². The fraction of sp³-hybridized carbons (Fsp3) is 0.316. The zero-order valence-corrected chi connectivity index (χ0v) is 15.8. The van der Waals surface area contributed by atoms with E-state index >= 15 is 0 Å². The van der Waals surface area contributed by atoms with Gasteiger partial charge >= 0.3 is 0 Å². The average Bonchev–Trinajstić information content (AvgIpc) is 2.82. The van der Waals surface area contributed by atoms with Crippen molar-refractivity contribution in [1.82, 2.24) is 4.98 Å². The minimum atomic E-state index is -0.303. The van der Waals surface area contributed by atoms with Crippen LogP contribution >= 0.6 is 11.8 Å². The largest absolute Gasteiger partial charge is 0.355 e. The maximum Gasteiger partial charge on any atom is 0.221 e. The van der Waals surface area contributed by atoms with E-state index in [0.717, 1.165) is 16.3 Å². The van der Waals surface area contributed by atoms with Crippen molar-refractivity contribution in [3.05, 3.63) is 46.8 Å². The van der Waals surface area contributed by atoms with E-state index in [2.05, 4.69) is 10.3 Å². The topological polar surface area (TPSA) is 79.0 Å². The number of H-pyrrole nitrogens is 1. The third-order valence-electron chi connectivity index (χ3n) is 3.89. The molecule has 2 N–H and O–H groups in total. The SMILES string of the molecule is CC(=O)Nc1ccc(SC(C)C(=O)c2[nH]c(C)c(C(C)=O)c2C)cc1. The van der Waals surface area contributed by atoms with Gasteiger partial charge in [-0.25, -0.2) is 0 Å². The highest BCUT2D eigenvalue weighted by Crippen LogP contribution is 2.28. The van der Waals surface area contributed by atoms with Crippen molar-refractivity contribution in [3.8, 4) is 0 Å². The fourth-order valence-corrected chi connectivity index (χ4v) is 3.73. The summed E-state index contributed by atoms with van der Waals surface area (Å²) >= 11 is 1.44. The number of thioether (sulfide) groups is 1. The number of nitrogens with one attached hydrogen (secondary N) is 2. The number of carbonyl (C=O) groups excluding carboxylic acids is 3. The molecule has 0 fully saturated rings. The van der Waals surface area contributed by atoms with Gasteiger partial charge in [-0.2, -0.15) is 0 Å². The van der Waals surface area contributed by atoms with Crippen LogP contribution in [0.3, 0.4) is 0 Å². The number of hydrogen-bond donors (Lipinski definition) is 2. The van der Waals surface area contributed by atoms with Gasteiger partial charge in [-0.1, -0.05) is 0 Å². The standard InChI is InChI=1S/C19H22N2O3S/c1-10-17(12(3)22)11(2)20-18(10)19(24)13(4)25-16-8-6-15(7-9-16)21-14(5)23/h6-9,13,20H,1-5H3,(H,21,23). The van der Waals surface area contributed by atoms with Crippen LogP contribution in [0.5, 0.6) is 0 Å².